The molecule has 3 heteroatoms. The van der Waals surface area contributed by atoms with Gasteiger partial charge in [0.15, 0.2) is 5.82 Å². The van der Waals surface area contributed by atoms with Crippen LogP contribution in [0.15, 0.2) is 30.7 Å². The highest BCUT2D eigenvalue weighted by Crippen LogP contribution is 2.16. The maximum atomic E-state index is 4.61. The molecule has 2 rings (SSSR count). The van der Waals surface area contributed by atoms with Crippen LogP contribution in [0, 0.1) is 0 Å². The summed E-state index contributed by atoms with van der Waals surface area (Å²) in [5.74, 6) is 0.781. The lowest BCUT2D eigenvalue weighted by Crippen LogP contribution is -1.95. The van der Waals surface area contributed by atoms with Gasteiger partial charge in [-0.05, 0) is 43.4 Å². The van der Waals surface area contributed by atoms with E-state index in [1.54, 1.807) is 0 Å². The van der Waals surface area contributed by atoms with Gasteiger partial charge in [0.2, 0.25) is 0 Å². The van der Waals surface area contributed by atoms with Gasteiger partial charge in [0, 0.05) is 29.8 Å². The van der Waals surface area contributed by atoms with E-state index >= 15 is 0 Å². The largest absolute Gasteiger partial charge is 0.261 e. The second-order valence-electron chi connectivity index (χ2n) is 7.64. The Morgan fingerprint density at radius 1 is 0.593 bits per heavy atom. The van der Waals surface area contributed by atoms with Gasteiger partial charge in [-0.2, -0.15) is 0 Å². The molecule has 2 aromatic heterocycles. The zero-order valence-electron chi connectivity index (χ0n) is 17.4. The minimum Gasteiger partial charge on any atom is -0.261 e. The molecule has 0 aliphatic carbocycles. The summed E-state index contributed by atoms with van der Waals surface area (Å²) in [4.78, 5) is 13.7. The van der Waals surface area contributed by atoms with Crippen molar-refractivity contribution in [2.24, 2.45) is 0 Å². The molecule has 0 N–H and O–H groups in total. The standard InChI is InChI=1S/C24H37N3/c1-3-5-7-9-11-13-15-23-17-16-22(20-25-23)24-26-18-21(19-27-24)14-12-10-8-6-4-2/h16-20H,3-15H2,1-2H3. The van der Waals surface area contributed by atoms with E-state index in [-0.39, 0.29) is 0 Å². The maximum Gasteiger partial charge on any atom is 0.160 e. The van der Waals surface area contributed by atoms with Crippen LogP contribution in [0.2, 0.25) is 0 Å². The van der Waals surface area contributed by atoms with Crippen molar-refractivity contribution in [2.75, 3.05) is 0 Å². The first kappa shape index (κ1) is 21.5. The van der Waals surface area contributed by atoms with E-state index in [0.717, 1.165) is 24.2 Å². The highest BCUT2D eigenvalue weighted by molar-refractivity contribution is 5.53. The van der Waals surface area contributed by atoms with E-state index in [4.69, 9.17) is 0 Å². The van der Waals surface area contributed by atoms with E-state index in [9.17, 15) is 0 Å². The molecule has 148 valence electrons. The molecule has 0 bridgehead atoms. The quantitative estimate of drug-likeness (QED) is 0.339. The molecular weight excluding hydrogens is 330 g/mol. The van der Waals surface area contributed by atoms with E-state index in [2.05, 4.69) is 40.9 Å². The molecule has 27 heavy (non-hydrogen) atoms. The van der Waals surface area contributed by atoms with Crippen molar-refractivity contribution in [1.29, 1.82) is 0 Å². The van der Waals surface area contributed by atoms with Crippen molar-refractivity contribution in [3.63, 3.8) is 0 Å². The molecular formula is C24H37N3. The molecule has 0 aliphatic rings. The molecule has 2 aromatic rings. The Morgan fingerprint density at radius 3 is 1.78 bits per heavy atom. The molecule has 3 nitrogen and oxygen atoms in total. The molecule has 0 unspecified atom stereocenters. The number of aromatic nitrogens is 3. The van der Waals surface area contributed by atoms with Crippen LogP contribution in [0.5, 0.6) is 0 Å². The zero-order chi connectivity index (χ0) is 19.2. The predicted octanol–water partition coefficient (Wildman–Crippen LogP) is 6.95. The van der Waals surface area contributed by atoms with Crippen molar-refractivity contribution >= 4 is 0 Å². The summed E-state index contributed by atoms with van der Waals surface area (Å²) in [6, 6.07) is 4.24. The minimum atomic E-state index is 0.781. The number of rotatable bonds is 14. The number of unbranched alkanes of at least 4 members (excludes halogenated alkanes) is 9. The van der Waals surface area contributed by atoms with Gasteiger partial charge in [0.25, 0.3) is 0 Å². The Hall–Kier alpha value is -1.77. The first-order valence-corrected chi connectivity index (χ1v) is 11.1. The molecule has 0 fully saturated rings. The Balaban J connectivity index is 1.74. The Morgan fingerprint density at radius 2 is 1.19 bits per heavy atom. The van der Waals surface area contributed by atoms with Crippen LogP contribution in [-0.2, 0) is 12.8 Å². The topological polar surface area (TPSA) is 38.7 Å². The van der Waals surface area contributed by atoms with Crippen molar-refractivity contribution in [3.8, 4) is 11.4 Å². The fourth-order valence-corrected chi connectivity index (χ4v) is 3.36. The monoisotopic (exact) mass is 367 g/mol. The van der Waals surface area contributed by atoms with E-state index in [1.807, 2.05) is 18.6 Å². The van der Waals surface area contributed by atoms with Crippen molar-refractivity contribution in [1.82, 2.24) is 15.0 Å². The van der Waals surface area contributed by atoms with Crippen LogP contribution in [0.25, 0.3) is 11.4 Å². The average molecular weight is 368 g/mol. The molecule has 0 atom stereocenters. The summed E-state index contributed by atoms with van der Waals surface area (Å²) in [7, 11) is 0. The maximum absolute atomic E-state index is 4.61. The van der Waals surface area contributed by atoms with Gasteiger partial charge in [0.05, 0.1) is 0 Å². The van der Waals surface area contributed by atoms with E-state index in [1.165, 1.54) is 81.9 Å². The predicted molar refractivity (Wildman–Crippen MR) is 115 cm³/mol. The molecule has 2 heterocycles. The van der Waals surface area contributed by atoms with Crippen molar-refractivity contribution in [2.45, 2.75) is 97.3 Å². The summed E-state index contributed by atoms with van der Waals surface area (Å²) in [5, 5.41) is 0. The van der Waals surface area contributed by atoms with Gasteiger partial charge < -0.3 is 0 Å². The van der Waals surface area contributed by atoms with Crippen LogP contribution < -0.4 is 0 Å². The third-order valence-electron chi connectivity index (χ3n) is 5.14. The molecule has 0 radical (unpaired) electrons. The van der Waals surface area contributed by atoms with Crippen molar-refractivity contribution < 1.29 is 0 Å². The normalized spacial score (nSPS) is 11.0. The van der Waals surface area contributed by atoms with Gasteiger partial charge in [-0.1, -0.05) is 71.6 Å². The number of hydrogen-bond acceptors (Lipinski definition) is 3. The lowest BCUT2D eigenvalue weighted by Gasteiger charge is -2.05. The summed E-state index contributed by atoms with van der Waals surface area (Å²) in [5.41, 5.74) is 3.43. The lowest BCUT2D eigenvalue weighted by molar-refractivity contribution is 0.605. The number of aryl methyl sites for hydroxylation is 2. The summed E-state index contributed by atoms with van der Waals surface area (Å²) in [6.45, 7) is 4.51. The number of nitrogens with zero attached hydrogens (tertiary/aromatic N) is 3. The zero-order valence-corrected chi connectivity index (χ0v) is 17.4. The molecule has 0 saturated heterocycles. The van der Waals surface area contributed by atoms with Gasteiger partial charge in [-0.3, -0.25) is 4.98 Å². The second kappa shape index (κ2) is 13.4. The Bertz CT molecular complexity index is 605. The number of pyridine rings is 1. The van der Waals surface area contributed by atoms with Gasteiger partial charge in [-0.15, -0.1) is 0 Å². The van der Waals surface area contributed by atoms with Crippen LogP contribution in [0.4, 0.5) is 0 Å². The molecule has 0 amide bonds. The summed E-state index contributed by atoms with van der Waals surface area (Å²) in [6.07, 6.45) is 22.5. The third kappa shape index (κ3) is 8.64. The second-order valence-corrected chi connectivity index (χ2v) is 7.64. The lowest BCUT2D eigenvalue weighted by atomic mass is 10.1. The fraction of sp³-hybridized carbons (Fsp3) is 0.625. The van der Waals surface area contributed by atoms with Crippen LogP contribution in [-0.4, -0.2) is 15.0 Å². The van der Waals surface area contributed by atoms with Gasteiger partial charge in [-0.25, -0.2) is 9.97 Å². The van der Waals surface area contributed by atoms with Crippen LogP contribution in [0.3, 0.4) is 0 Å². The van der Waals surface area contributed by atoms with Gasteiger partial charge >= 0.3 is 0 Å². The highest BCUT2D eigenvalue weighted by Gasteiger charge is 2.03. The highest BCUT2D eigenvalue weighted by atomic mass is 14.9. The third-order valence-corrected chi connectivity index (χ3v) is 5.14. The first-order chi connectivity index (χ1) is 13.3. The van der Waals surface area contributed by atoms with Crippen LogP contribution >= 0.6 is 0 Å². The Labute approximate surface area is 166 Å². The number of hydrogen-bond donors (Lipinski definition) is 0. The smallest absolute Gasteiger partial charge is 0.160 e. The summed E-state index contributed by atoms with van der Waals surface area (Å²) < 4.78 is 0. The fourth-order valence-electron chi connectivity index (χ4n) is 3.36. The van der Waals surface area contributed by atoms with Crippen molar-refractivity contribution in [3.05, 3.63) is 42.0 Å². The average Bonchev–Trinajstić information content (AvgIpc) is 2.71. The van der Waals surface area contributed by atoms with Crippen LogP contribution in [0.1, 0.15) is 95.7 Å². The van der Waals surface area contributed by atoms with Gasteiger partial charge in [0.1, 0.15) is 0 Å². The molecule has 0 aromatic carbocycles. The first-order valence-electron chi connectivity index (χ1n) is 11.1. The molecule has 0 spiro atoms. The SMILES string of the molecule is CCCCCCCCc1ccc(-c2ncc(CCCCCCC)cn2)cn1. The molecule has 0 saturated carbocycles. The van der Waals surface area contributed by atoms with E-state index in [0.29, 0.717) is 0 Å². The molecule has 0 aliphatic heterocycles. The Kier molecular flexibility index (Phi) is 10.7. The summed E-state index contributed by atoms with van der Waals surface area (Å²) >= 11 is 0. The van der Waals surface area contributed by atoms with E-state index < -0.39 is 0 Å². The minimum absolute atomic E-state index is 0.781.